The van der Waals surface area contributed by atoms with Gasteiger partial charge in [-0.2, -0.15) is 5.48 Å². The SMILES string of the molecule is O=C(O)C1C[C@@H]2c3cccc4[nH]cc(c34)C[C@H]2NO1. The number of rotatable bonds is 1. The Morgan fingerprint density at radius 3 is 3.16 bits per heavy atom. The Balaban J connectivity index is 1.82. The minimum Gasteiger partial charge on any atom is -0.479 e. The van der Waals surface area contributed by atoms with Crippen LogP contribution in [0.25, 0.3) is 10.9 Å². The van der Waals surface area contributed by atoms with Crippen LogP contribution in [0.5, 0.6) is 0 Å². The third-order valence-electron chi connectivity index (χ3n) is 4.25. The van der Waals surface area contributed by atoms with Crippen molar-refractivity contribution < 1.29 is 14.7 Å². The molecular weight excluding hydrogens is 244 g/mol. The monoisotopic (exact) mass is 258 g/mol. The van der Waals surface area contributed by atoms with Crippen LogP contribution in [0, 0.1) is 0 Å². The summed E-state index contributed by atoms with van der Waals surface area (Å²) in [7, 11) is 0. The summed E-state index contributed by atoms with van der Waals surface area (Å²) in [6.07, 6.45) is 2.66. The summed E-state index contributed by atoms with van der Waals surface area (Å²) in [5.74, 6) is -0.708. The van der Waals surface area contributed by atoms with Crippen LogP contribution in [0.2, 0.25) is 0 Å². The largest absolute Gasteiger partial charge is 0.479 e. The lowest BCUT2D eigenvalue weighted by Gasteiger charge is -2.38. The van der Waals surface area contributed by atoms with Crippen LogP contribution < -0.4 is 5.48 Å². The van der Waals surface area contributed by atoms with E-state index in [1.165, 1.54) is 16.5 Å². The van der Waals surface area contributed by atoms with Crippen LogP contribution >= 0.6 is 0 Å². The highest BCUT2D eigenvalue weighted by Gasteiger charge is 2.39. The Labute approximate surface area is 109 Å². The van der Waals surface area contributed by atoms with Crippen molar-refractivity contribution in [2.24, 2.45) is 0 Å². The Kier molecular flexibility index (Phi) is 2.22. The minimum atomic E-state index is -0.905. The lowest BCUT2D eigenvalue weighted by molar-refractivity contribution is -0.165. The zero-order valence-electron chi connectivity index (χ0n) is 10.2. The lowest BCUT2D eigenvalue weighted by atomic mass is 9.77. The molecule has 3 atom stereocenters. The van der Waals surface area contributed by atoms with Crippen LogP contribution in [-0.4, -0.2) is 28.2 Å². The quantitative estimate of drug-likeness (QED) is 0.725. The molecule has 5 heteroatoms. The normalized spacial score (nSPS) is 29.2. The van der Waals surface area contributed by atoms with Gasteiger partial charge in [-0.05, 0) is 30.0 Å². The van der Waals surface area contributed by atoms with Crippen molar-refractivity contribution in [1.29, 1.82) is 0 Å². The van der Waals surface area contributed by atoms with Gasteiger partial charge in [-0.3, -0.25) is 4.84 Å². The Morgan fingerprint density at radius 2 is 2.32 bits per heavy atom. The summed E-state index contributed by atoms with van der Waals surface area (Å²) in [4.78, 5) is 19.6. The number of aromatic nitrogens is 1. The van der Waals surface area contributed by atoms with Crippen molar-refractivity contribution in [3.05, 3.63) is 35.5 Å². The Hall–Kier alpha value is -1.85. The zero-order chi connectivity index (χ0) is 13.0. The molecule has 1 saturated heterocycles. The molecule has 2 aliphatic rings. The summed E-state index contributed by atoms with van der Waals surface area (Å²) < 4.78 is 0. The molecule has 0 spiro atoms. The van der Waals surface area contributed by atoms with Crippen molar-refractivity contribution in [2.75, 3.05) is 0 Å². The van der Waals surface area contributed by atoms with Gasteiger partial charge in [0.2, 0.25) is 0 Å². The molecular formula is C14H14N2O3. The number of H-pyrrole nitrogens is 1. The fourth-order valence-corrected chi connectivity index (χ4v) is 3.37. The van der Waals surface area contributed by atoms with Crippen molar-refractivity contribution in [3.8, 4) is 0 Å². The summed E-state index contributed by atoms with van der Waals surface area (Å²) in [6, 6.07) is 6.34. The first kappa shape index (κ1) is 11.0. The molecule has 2 aromatic rings. The van der Waals surface area contributed by atoms with E-state index in [0.717, 1.165) is 11.9 Å². The van der Waals surface area contributed by atoms with Gasteiger partial charge in [-0.1, -0.05) is 12.1 Å². The minimum absolute atomic E-state index is 0.157. The van der Waals surface area contributed by atoms with Crippen LogP contribution in [0.3, 0.4) is 0 Å². The van der Waals surface area contributed by atoms with E-state index in [0.29, 0.717) is 6.42 Å². The third kappa shape index (κ3) is 1.52. The van der Waals surface area contributed by atoms with E-state index in [9.17, 15) is 4.79 Å². The first-order valence-electron chi connectivity index (χ1n) is 6.47. The molecule has 1 unspecified atom stereocenters. The summed E-state index contributed by atoms with van der Waals surface area (Å²) in [5.41, 5.74) is 6.56. The van der Waals surface area contributed by atoms with Gasteiger partial charge in [0, 0.05) is 29.1 Å². The van der Waals surface area contributed by atoms with Crippen molar-refractivity contribution in [3.63, 3.8) is 0 Å². The van der Waals surface area contributed by atoms with Gasteiger partial charge in [-0.15, -0.1) is 0 Å². The van der Waals surface area contributed by atoms with E-state index >= 15 is 0 Å². The van der Waals surface area contributed by atoms with Gasteiger partial charge in [0.1, 0.15) is 0 Å². The number of aromatic amines is 1. The standard InChI is InChI=1S/C14H14N2O3/c17-14(18)12-5-9-8-2-1-3-10-13(8)7(6-15-10)4-11(9)16-19-12/h1-3,6,9,11-12,15-16H,4-5H2,(H,17,18)/t9-,11-,12?/m1/s1. The van der Waals surface area contributed by atoms with Gasteiger partial charge in [0.25, 0.3) is 0 Å². The van der Waals surface area contributed by atoms with Gasteiger partial charge in [0.15, 0.2) is 6.10 Å². The highest BCUT2D eigenvalue weighted by molar-refractivity contribution is 5.88. The molecule has 0 radical (unpaired) electrons. The maximum atomic E-state index is 11.1. The number of carboxylic acid groups (broad SMARTS) is 1. The second-order valence-electron chi connectivity index (χ2n) is 5.30. The molecule has 0 bridgehead atoms. The van der Waals surface area contributed by atoms with E-state index in [1.807, 2.05) is 12.3 Å². The van der Waals surface area contributed by atoms with Gasteiger partial charge < -0.3 is 10.1 Å². The van der Waals surface area contributed by atoms with E-state index in [2.05, 4.69) is 22.6 Å². The van der Waals surface area contributed by atoms with Crippen molar-refractivity contribution in [2.45, 2.75) is 30.9 Å². The van der Waals surface area contributed by atoms with Crippen molar-refractivity contribution in [1.82, 2.24) is 10.5 Å². The molecule has 0 saturated carbocycles. The number of hydrogen-bond donors (Lipinski definition) is 3. The maximum absolute atomic E-state index is 11.1. The fraction of sp³-hybridized carbons (Fsp3) is 0.357. The molecule has 1 aromatic heterocycles. The Bertz CT molecular complexity index is 664. The van der Waals surface area contributed by atoms with Gasteiger partial charge in [0.05, 0.1) is 0 Å². The Morgan fingerprint density at radius 1 is 1.42 bits per heavy atom. The highest BCUT2D eigenvalue weighted by Crippen LogP contribution is 2.41. The number of nitrogens with one attached hydrogen (secondary N) is 2. The second-order valence-corrected chi connectivity index (χ2v) is 5.30. The van der Waals surface area contributed by atoms with E-state index in [4.69, 9.17) is 9.94 Å². The summed E-state index contributed by atoms with van der Waals surface area (Å²) >= 11 is 0. The molecule has 98 valence electrons. The third-order valence-corrected chi connectivity index (χ3v) is 4.25. The topological polar surface area (TPSA) is 74.3 Å². The molecule has 3 N–H and O–H groups in total. The molecule has 2 heterocycles. The van der Waals surface area contributed by atoms with Crippen molar-refractivity contribution >= 4 is 16.9 Å². The summed E-state index contributed by atoms with van der Waals surface area (Å²) in [5, 5.41) is 10.4. The fourth-order valence-electron chi connectivity index (χ4n) is 3.37. The zero-order valence-corrected chi connectivity index (χ0v) is 10.2. The average molecular weight is 258 g/mol. The van der Waals surface area contributed by atoms with E-state index in [-0.39, 0.29) is 12.0 Å². The number of carbonyl (C=O) groups is 1. The van der Waals surface area contributed by atoms with E-state index in [1.54, 1.807) is 0 Å². The number of fused-ring (bicyclic) bond motifs is 2. The smallest absolute Gasteiger partial charge is 0.334 e. The highest BCUT2D eigenvalue weighted by atomic mass is 16.7. The molecule has 19 heavy (non-hydrogen) atoms. The predicted octanol–water partition coefficient (Wildman–Crippen LogP) is 1.55. The molecule has 1 fully saturated rings. The molecule has 0 amide bonds. The average Bonchev–Trinajstić information content (AvgIpc) is 2.83. The molecule has 5 nitrogen and oxygen atoms in total. The first-order chi connectivity index (χ1) is 9.24. The molecule has 1 aromatic carbocycles. The number of aliphatic carboxylic acids is 1. The molecule has 1 aliphatic carbocycles. The first-order valence-corrected chi connectivity index (χ1v) is 6.47. The van der Waals surface area contributed by atoms with Crippen LogP contribution in [0.4, 0.5) is 0 Å². The number of hydroxylamine groups is 1. The van der Waals surface area contributed by atoms with Crippen LogP contribution in [0.15, 0.2) is 24.4 Å². The number of benzene rings is 1. The number of carboxylic acids is 1. The van der Waals surface area contributed by atoms with E-state index < -0.39 is 12.1 Å². The van der Waals surface area contributed by atoms with Gasteiger partial charge in [-0.25, -0.2) is 4.79 Å². The summed E-state index contributed by atoms with van der Waals surface area (Å²) in [6.45, 7) is 0. The van der Waals surface area contributed by atoms with Crippen LogP contribution in [0.1, 0.15) is 23.5 Å². The second kappa shape index (κ2) is 3.82. The van der Waals surface area contributed by atoms with Crippen LogP contribution in [-0.2, 0) is 16.1 Å². The number of hydrogen-bond acceptors (Lipinski definition) is 3. The maximum Gasteiger partial charge on any atom is 0.334 e. The lowest BCUT2D eigenvalue weighted by Crippen LogP contribution is -2.49. The van der Waals surface area contributed by atoms with Gasteiger partial charge >= 0.3 is 5.97 Å². The molecule has 4 rings (SSSR count). The predicted molar refractivity (Wildman–Crippen MR) is 68.8 cm³/mol. The molecule has 1 aliphatic heterocycles.